The summed E-state index contributed by atoms with van der Waals surface area (Å²) in [4.78, 5) is 35.9. The molecule has 2 amide bonds. The van der Waals surface area contributed by atoms with Gasteiger partial charge < -0.3 is 9.47 Å². The number of para-hydroxylation sites is 2. The molecular weight excluding hydrogens is 324 g/mol. The quantitative estimate of drug-likeness (QED) is 0.497. The van der Waals surface area contributed by atoms with E-state index < -0.39 is 23.7 Å². The summed E-state index contributed by atoms with van der Waals surface area (Å²) in [5.41, 5.74) is 5.49. The molecule has 1 aliphatic heterocycles. The molecule has 0 saturated heterocycles. The van der Waals surface area contributed by atoms with Crippen molar-refractivity contribution in [3.8, 4) is 11.5 Å². The van der Waals surface area contributed by atoms with Crippen LogP contribution in [-0.2, 0) is 9.59 Å². The average molecular weight is 340 g/mol. The highest BCUT2D eigenvalue weighted by molar-refractivity contribution is 6.42. The molecule has 3 rings (SSSR count). The molecule has 0 bridgehead atoms. The molecule has 0 radical (unpaired) electrons. The maximum atomic E-state index is 12.1. The summed E-state index contributed by atoms with van der Waals surface area (Å²) in [7, 11) is 0. The summed E-state index contributed by atoms with van der Waals surface area (Å²) in [5.74, 6) is -1.30. The molecule has 0 aromatic heterocycles. The van der Waals surface area contributed by atoms with Crippen LogP contribution >= 0.6 is 0 Å². The second-order valence-corrected chi connectivity index (χ2v) is 5.50. The third kappa shape index (κ3) is 3.77. The fourth-order valence-electron chi connectivity index (χ4n) is 2.24. The summed E-state index contributed by atoms with van der Waals surface area (Å²) in [6.07, 6.45) is -0.926. The summed E-state index contributed by atoms with van der Waals surface area (Å²) in [6.45, 7) is 1.88. The number of hydrazine groups is 1. The van der Waals surface area contributed by atoms with Crippen molar-refractivity contribution in [2.24, 2.45) is 0 Å². The first-order chi connectivity index (χ1) is 12.0. The van der Waals surface area contributed by atoms with Crippen LogP contribution in [0.25, 0.3) is 0 Å². The van der Waals surface area contributed by atoms with Crippen LogP contribution in [0.5, 0.6) is 11.5 Å². The van der Waals surface area contributed by atoms with Crippen LogP contribution < -0.4 is 20.3 Å². The Labute approximate surface area is 143 Å². The molecule has 0 saturated carbocycles. The zero-order valence-corrected chi connectivity index (χ0v) is 13.4. The van der Waals surface area contributed by atoms with E-state index in [0.717, 1.165) is 5.56 Å². The minimum Gasteiger partial charge on any atom is -0.485 e. The minimum absolute atomic E-state index is 0.00459. The number of Topliss-reactive ketones (excluding diaryl/α,β-unsaturated/α-hetero) is 1. The van der Waals surface area contributed by atoms with Gasteiger partial charge in [-0.3, -0.25) is 25.2 Å². The fraction of sp³-hybridized carbons (Fsp3) is 0.167. The fourth-order valence-corrected chi connectivity index (χ4v) is 2.24. The zero-order chi connectivity index (χ0) is 17.8. The van der Waals surface area contributed by atoms with Crippen LogP contribution in [0.2, 0.25) is 0 Å². The van der Waals surface area contributed by atoms with E-state index in [2.05, 4.69) is 10.9 Å². The van der Waals surface area contributed by atoms with Crippen LogP contribution in [-0.4, -0.2) is 30.3 Å². The van der Waals surface area contributed by atoms with Gasteiger partial charge in [0, 0.05) is 5.56 Å². The average Bonchev–Trinajstić information content (AvgIpc) is 2.65. The maximum absolute atomic E-state index is 12.1. The van der Waals surface area contributed by atoms with Gasteiger partial charge in [0.15, 0.2) is 11.5 Å². The van der Waals surface area contributed by atoms with Gasteiger partial charge in [0.05, 0.1) is 0 Å². The third-order valence-corrected chi connectivity index (χ3v) is 3.62. The second-order valence-electron chi connectivity index (χ2n) is 5.50. The van der Waals surface area contributed by atoms with Gasteiger partial charge >= 0.3 is 5.91 Å². The summed E-state index contributed by atoms with van der Waals surface area (Å²) in [5, 5.41) is 0. The number of carbonyl (C=O) groups excluding carboxylic acids is 3. The number of nitrogens with one attached hydrogen (secondary N) is 2. The number of benzene rings is 2. The molecule has 2 N–H and O–H groups in total. The van der Waals surface area contributed by atoms with Gasteiger partial charge in [-0.05, 0) is 19.1 Å². The van der Waals surface area contributed by atoms with Crippen molar-refractivity contribution >= 4 is 17.6 Å². The van der Waals surface area contributed by atoms with Crippen molar-refractivity contribution in [2.75, 3.05) is 6.61 Å². The van der Waals surface area contributed by atoms with Crippen molar-refractivity contribution in [1.82, 2.24) is 10.9 Å². The molecule has 2 aromatic rings. The van der Waals surface area contributed by atoms with Gasteiger partial charge in [0.2, 0.25) is 6.10 Å². The SMILES string of the molecule is Cc1ccc(C(=O)C(=O)NNC(=O)[C@@H]2COc3ccccc3O2)cc1. The number of amides is 2. The van der Waals surface area contributed by atoms with E-state index in [1.165, 1.54) is 0 Å². The van der Waals surface area contributed by atoms with E-state index in [4.69, 9.17) is 9.47 Å². The number of ketones is 1. The minimum atomic E-state index is -0.936. The Morgan fingerprint density at radius 3 is 2.36 bits per heavy atom. The predicted octanol–water partition coefficient (Wildman–Crippen LogP) is 1.17. The Morgan fingerprint density at radius 1 is 0.960 bits per heavy atom. The lowest BCUT2D eigenvalue weighted by molar-refractivity contribution is -0.134. The number of hydrogen-bond acceptors (Lipinski definition) is 5. The topological polar surface area (TPSA) is 93.7 Å². The Balaban J connectivity index is 1.55. The standard InChI is InChI=1S/C18H16N2O5/c1-11-6-8-12(9-7-11)16(21)18(23)20-19-17(22)15-10-24-13-4-2-3-5-14(13)25-15/h2-9,15H,10H2,1H3,(H,19,22)(H,20,23)/t15-/m0/s1. The van der Waals surface area contributed by atoms with Crippen LogP contribution in [0.15, 0.2) is 48.5 Å². The Morgan fingerprint density at radius 2 is 1.64 bits per heavy atom. The van der Waals surface area contributed by atoms with Crippen molar-refractivity contribution < 1.29 is 23.9 Å². The monoisotopic (exact) mass is 340 g/mol. The molecular formula is C18H16N2O5. The molecule has 2 aromatic carbocycles. The number of carbonyl (C=O) groups is 3. The van der Waals surface area contributed by atoms with Gasteiger partial charge in [0.25, 0.3) is 11.7 Å². The van der Waals surface area contributed by atoms with E-state index in [1.807, 2.05) is 6.92 Å². The molecule has 0 spiro atoms. The van der Waals surface area contributed by atoms with E-state index in [-0.39, 0.29) is 12.2 Å². The van der Waals surface area contributed by atoms with Gasteiger partial charge in [-0.25, -0.2) is 0 Å². The van der Waals surface area contributed by atoms with E-state index >= 15 is 0 Å². The molecule has 25 heavy (non-hydrogen) atoms. The number of rotatable bonds is 3. The number of fused-ring (bicyclic) bond motifs is 1. The van der Waals surface area contributed by atoms with E-state index in [0.29, 0.717) is 11.5 Å². The summed E-state index contributed by atoms with van der Waals surface area (Å²) in [6, 6.07) is 13.5. The molecule has 128 valence electrons. The lowest BCUT2D eigenvalue weighted by Gasteiger charge is -2.25. The Bertz CT molecular complexity index is 816. The van der Waals surface area contributed by atoms with Crippen LogP contribution in [0, 0.1) is 6.92 Å². The predicted molar refractivity (Wildman–Crippen MR) is 88.1 cm³/mol. The number of aryl methyl sites for hydroxylation is 1. The first-order valence-corrected chi connectivity index (χ1v) is 7.64. The van der Waals surface area contributed by atoms with Gasteiger partial charge in [-0.15, -0.1) is 0 Å². The molecule has 7 heteroatoms. The lowest BCUT2D eigenvalue weighted by atomic mass is 10.1. The smallest absolute Gasteiger partial charge is 0.310 e. The van der Waals surface area contributed by atoms with Crippen molar-refractivity contribution in [1.29, 1.82) is 0 Å². The number of hydrogen-bond donors (Lipinski definition) is 2. The normalized spacial score (nSPS) is 15.2. The van der Waals surface area contributed by atoms with Crippen LogP contribution in [0.3, 0.4) is 0 Å². The zero-order valence-electron chi connectivity index (χ0n) is 13.4. The first-order valence-electron chi connectivity index (χ1n) is 7.64. The van der Waals surface area contributed by atoms with Gasteiger partial charge in [-0.2, -0.15) is 0 Å². The lowest BCUT2D eigenvalue weighted by Crippen LogP contribution is -2.52. The van der Waals surface area contributed by atoms with Crippen molar-refractivity contribution in [2.45, 2.75) is 13.0 Å². The Hall–Kier alpha value is -3.35. The highest BCUT2D eigenvalue weighted by Gasteiger charge is 2.28. The largest absolute Gasteiger partial charge is 0.485 e. The molecule has 7 nitrogen and oxygen atoms in total. The maximum Gasteiger partial charge on any atom is 0.310 e. The Kier molecular flexibility index (Phi) is 4.65. The number of ether oxygens (including phenoxy) is 2. The first kappa shape index (κ1) is 16.5. The van der Waals surface area contributed by atoms with E-state index in [9.17, 15) is 14.4 Å². The molecule has 1 heterocycles. The van der Waals surface area contributed by atoms with Crippen molar-refractivity contribution in [3.63, 3.8) is 0 Å². The van der Waals surface area contributed by atoms with Crippen LogP contribution in [0.1, 0.15) is 15.9 Å². The summed E-state index contributed by atoms with van der Waals surface area (Å²) >= 11 is 0. The van der Waals surface area contributed by atoms with Gasteiger partial charge in [0.1, 0.15) is 6.61 Å². The highest BCUT2D eigenvalue weighted by atomic mass is 16.6. The molecule has 1 atom stereocenters. The molecule has 0 unspecified atom stereocenters. The van der Waals surface area contributed by atoms with E-state index in [1.54, 1.807) is 48.5 Å². The van der Waals surface area contributed by atoms with Crippen molar-refractivity contribution in [3.05, 3.63) is 59.7 Å². The second kappa shape index (κ2) is 7.04. The van der Waals surface area contributed by atoms with Gasteiger partial charge in [-0.1, -0.05) is 42.0 Å². The van der Waals surface area contributed by atoms with Crippen LogP contribution in [0.4, 0.5) is 0 Å². The molecule has 0 aliphatic carbocycles. The molecule has 1 aliphatic rings. The summed E-state index contributed by atoms with van der Waals surface area (Å²) < 4.78 is 10.9. The third-order valence-electron chi connectivity index (χ3n) is 3.62. The highest BCUT2D eigenvalue weighted by Crippen LogP contribution is 2.30. The molecule has 0 fully saturated rings.